The molecule has 0 saturated heterocycles. The molecule has 2 heterocycles. The van der Waals surface area contributed by atoms with Gasteiger partial charge in [-0.1, -0.05) is 41.2 Å². The lowest BCUT2D eigenvalue weighted by atomic mass is 10.2. The molecule has 4 rings (SSSR count). The molecule has 0 saturated carbocycles. The number of hydrogen-bond donors (Lipinski definition) is 0. The average Bonchev–Trinajstić information content (AvgIpc) is 3.16. The van der Waals surface area contributed by atoms with E-state index in [-0.39, 0.29) is 0 Å². The lowest BCUT2D eigenvalue weighted by Gasteiger charge is -2.04. The molecule has 0 aliphatic rings. The molecule has 0 aliphatic carbocycles. The van der Waals surface area contributed by atoms with Crippen molar-refractivity contribution >= 4 is 32.2 Å². The summed E-state index contributed by atoms with van der Waals surface area (Å²) in [7, 11) is 1.64. The van der Waals surface area contributed by atoms with Gasteiger partial charge >= 0.3 is 0 Å². The van der Waals surface area contributed by atoms with Crippen LogP contribution in [-0.2, 0) is 0 Å². The highest BCUT2D eigenvalue weighted by Crippen LogP contribution is 2.33. The van der Waals surface area contributed by atoms with Gasteiger partial charge in [0.15, 0.2) is 5.82 Å². The smallest absolute Gasteiger partial charge is 0.235 e. The van der Waals surface area contributed by atoms with Gasteiger partial charge in [-0.3, -0.25) is 0 Å². The number of ether oxygens (including phenoxy) is 1. The van der Waals surface area contributed by atoms with Gasteiger partial charge in [-0.15, -0.1) is 10.2 Å². The number of methoxy groups -OCH3 is 1. The number of halogens is 1. The Morgan fingerprint density at radius 2 is 1.88 bits per heavy atom. The first-order valence-electron chi connectivity index (χ1n) is 7.29. The summed E-state index contributed by atoms with van der Waals surface area (Å²) in [5, 5.41) is 14.2. The Kier molecular flexibility index (Phi) is 3.82. The normalized spacial score (nSPS) is 11.1. The Balaban J connectivity index is 1.81. The van der Waals surface area contributed by atoms with E-state index in [1.54, 1.807) is 11.6 Å². The molecule has 5 nitrogen and oxygen atoms in total. The van der Waals surface area contributed by atoms with Crippen LogP contribution >= 0.6 is 27.3 Å². The number of benzene rings is 2. The van der Waals surface area contributed by atoms with Crippen LogP contribution in [0.15, 0.2) is 46.9 Å². The molecule has 0 bridgehead atoms. The highest BCUT2D eigenvalue weighted by Gasteiger charge is 2.16. The predicted molar refractivity (Wildman–Crippen MR) is 98.5 cm³/mol. The van der Waals surface area contributed by atoms with Gasteiger partial charge in [0.25, 0.3) is 0 Å². The zero-order chi connectivity index (χ0) is 16.7. The quantitative estimate of drug-likeness (QED) is 0.504. The molecule has 0 aliphatic heterocycles. The minimum Gasteiger partial charge on any atom is -0.497 e. The summed E-state index contributed by atoms with van der Waals surface area (Å²) >= 11 is 5.09. The summed E-state index contributed by atoms with van der Waals surface area (Å²) in [6.07, 6.45) is 0. The summed E-state index contributed by atoms with van der Waals surface area (Å²) in [5.41, 5.74) is 3.23. The molecule has 0 radical (unpaired) electrons. The van der Waals surface area contributed by atoms with Crippen molar-refractivity contribution in [3.8, 4) is 27.7 Å². The summed E-state index contributed by atoms with van der Waals surface area (Å²) in [6, 6.07) is 14.1. The Labute approximate surface area is 151 Å². The van der Waals surface area contributed by atoms with Crippen LogP contribution in [0, 0.1) is 6.92 Å². The van der Waals surface area contributed by atoms with Crippen LogP contribution < -0.4 is 4.74 Å². The lowest BCUT2D eigenvalue weighted by Crippen LogP contribution is -1.93. The number of hydrogen-bond acceptors (Lipinski definition) is 5. The van der Waals surface area contributed by atoms with Crippen molar-refractivity contribution in [2.75, 3.05) is 7.11 Å². The van der Waals surface area contributed by atoms with Crippen LogP contribution in [-0.4, -0.2) is 26.9 Å². The van der Waals surface area contributed by atoms with E-state index < -0.39 is 0 Å². The first-order valence-corrected chi connectivity index (χ1v) is 8.90. The fourth-order valence-corrected chi connectivity index (χ4v) is 3.78. The Hall–Kier alpha value is -2.25. The zero-order valence-corrected chi connectivity index (χ0v) is 15.4. The van der Waals surface area contributed by atoms with Gasteiger partial charge in [0.05, 0.1) is 7.11 Å². The maximum atomic E-state index is 5.24. The van der Waals surface area contributed by atoms with Gasteiger partial charge in [0, 0.05) is 15.6 Å². The highest BCUT2D eigenvalue weighted by atomic mass is 79.9. The van der Waals surface area contributed by atoms with Gasteiger partial charge < -0.3 is 4.74 Å². The average molecular weight is 401 g/mol. The fraction of sp³-hybridized carbons (Fsp3) is 0.118. The van der Waals surface area contributed by atoms with E-state index in [1.165, 1.54) is 16.9 Å². The predicted octanol–water partition coefficient (Wildman–Crippen LogP) is 4.60. The van der Waals surface area contributed by atoms with Crippen LogP contribution in [0.5, 0.6) is 5.75 Å². The number of fused-ring (bicyclic) bond motifs is 1. The van der Waals surface area contributed by atoms with Crippen molar-refractivity contribution in [3.63, 3.8) is 0 Å². The second-order valence-corrected chi connectivity index (χ2v) is 7.15. The lowest BCUT2D eigenvalue weighted by molar-refractivity contribution is 0.414. The molecular weight excluding hydrogens is 388 g/mol. The van der Waals surface area contributed by atoms with Crippen molar-refractivity contribution in [3.05, 3.63) is 52.5 Å². The summed E-state index contributed by atoms with van der Waals surface area (Å²) in [6.45, 7) is 2.07. The Morgan fingerprint density at radius 1 is 1.08 bits per heavy atom. The van der Waals surface area contributed by atoms with E-state index in [2.05, 4.69) is 57.3 Å². The molecule has 2 aromatic carbocycles. The summed E-state index contributed by atoms with van der Waals surface area (Å²) < 4.78 is 7.91. The van der Waals surface area contributed by atoms with Crippen molar-refractivity contribution in [1.29, 1.82) is 0 Å². The van der Waals surface area contributed by atoms with Crippen LogP contribution in [0.1, 0.15) is 5.56 Å². The van der Waals surface area contributed by atoms with Crippen LogP contribution in [0.2, 0.25) is 0 Å². The SMILES string of the molecule is COc1ccc(-c2nnc3sc(-c4ccc(C)cc4)nn23)c(Br)c1. The molecule has 7 heteroatoms. The fourth-order valence-electron chi connectivity index (χ4n) is 2.40. The molecule has 0 fully saturated rings. The van der Waals surface area contributed by atoms with Gasteiger partial charge in [-0.25, -0.2) is 0 Å². The van der Waals surface area contributed by atoms with Crippen molar-refractivity contribution in [2.24, 2.45) is 0 Å². The Bertz CT molecular complexity index is 1020. The number of aryl methyl sites for hydroxylation is 1. The first kappa shape index (κ1) is 15.3. The van der Waals surface area contributed by atoms with Crippen LogP contribution in [0.25, 0.3) is 26.9 Å². The molecule has 0 N–H and O–H groups in total. The van der Waals surface area contributed by atoms with Crippen molar-refractivity contribution in [2.45, 2.75) is 6.92 Å². The maximum Gasteiger partial charge on any atom is 0.235 e. The molecule has 120 valence electrons. The molecule has 2 aromatic heterocycles. The van der Waals surface area contributed by atoms with E-state index in [0.717, 1.165) is 31.3 Å². The number of nitrogens with zero attached hydrogens (tertiary/aromatic N) is 4. The molecule has 0 unspecified atom stereocenters. The standard InChI is InChI=1S/C17H13BrN4OS/c1-10-3-5-11(6-4-10)16-21-22-15(19-20-17(22)24-16)13-8-7-12(23-2)9-14(13)18/h3-9H,1-2H3. The second-order valence-electron chi connectivity index (χ2n) is 5.34. The van der Waals surface area contributed by atoms with E-state index in [4.69, 9.17) is 9.84 Å². The molecule has 0 atom stereocenters. The van der Waals surface area contributed by atoms with E-state index >= 15 is 0 Å². The number of aromatic nitrogens is 4. The molecule has 0 spiro atoms. The molecule has 4 aromatic rings. The molecular formula is C17H13BrN4OS. The van der Waals surface area contributed by atoms with Crippen LogP contribution in [0.3, 0.4) is 0 Å². The monoisotopic (exact) mass is 400 g/mol. The van der Waals surface area contributed by atoms with E-state index in [9.17, 15) is 0 Å². The second kappa shape index (κ2) is 5.99. The van der Waals surface area contributed by atoms with Gasteiger partial charge in [0.2, 0.25) is 4.96 Å². The third kappa shape index (κ3) is 2.59. The topological polar surface area (TPSA) is 52.3 Å². The van der Waals surface area contributed by atoms with Gasteiger partial charge in [-0.2, -0.15) is 9.61 Å². The van der Waals surface area contributed by atoms with Gasteiger partial charge in [-0.05, 0) is 41.1 Å². The molecule has 0 amide bonds. The van der Waals surface area contributed by atoms with E-state index in [1.807, 2.05) is 18.2 Å². The first-order chi connectivity index (χ1) is 11.7. The van der Waals surface area contributed by atoms with Crippen LogP contribution in [0.4, 0.5) is 0 Å². The van der Waals surface area contributed by atoms with Crippen molar-refractivity contribution < 1.29 is 4.74 Å². The Morgan fingerprint density at radius 3 is 2.58 bits per heavy atom. The molecule has 24 heavy (non-hydrogen) atoms. The van der Waals surface area contributed by atoms with Crippen molar-refractivity contribution in [1.82, 2.24) is 19.8 Å². The number of rotatable bonds is 3. The highest BCUT2D eigenvalue weighted by molar-refractivity contribution is 9.10. The maximum absolute atomic E-state index is 5.24. The minimum atomic E-state index is 0.703. The van der Waals surface area contributed by atoms with Gasteiger partial charge in [0.1, 0.15) is 10.8 Å². The zero-order valence-electron chi connectivity index (χ0n) is 13.0. The summed E-state index contributed by atoms with van der Waals surface area (Å²) in [4.78, 5) is 0.767. The summed E-state index contributed by atoms with van der Waals surface area (Å²) in [5.74, 6) is 1.49. The largest absolute Gasteiger partial charge is 0.497 e. The third-order valence-corrected chi connectivity index (χ3v) is 5.31. The van der Waals surface area contributed by atoms with E-state index in [0.29, 0.717) is 5.82 Å². The minimum absolute atomic E-state index is 0.703. The third-order valence-electron chi connectivity index (χ3n) is 3.71.